The summed E-state index contributed by atoms with van der Waals surface area (Å²) in [6.45, 7) is 5.05. The summed E-state index contributed by atoms with van der Waals surface area (Å²) in [5.74, 6) is -0.196. The number of carbonyl (C=O) groups is 1. The molecule has 0 spiro atoms. The van der Waals surface area contributed by atoms with Gasteiger partial charge in [0.05, 0.1) is 0 Å². The molecule has 2 aromatic rings. The fourth-order valence-corrected chi connectivity index (χ4v) is 1.72. The van der Waals surface area contributed by atoms with Gasteiger partial charge < -0.3 is 10.6 Å². The van der Waals surface area contributed by atoms with E-state index >= 15 is 0 Å². The second-order valence-corrected chi connectivity index (χ2v) is 4.90. The van der Waals surface area contributed by atoms with E-state index in [1.807, 2.05) is 24.3 Å². The summed E-state index contributed by atoms with van der Waals surface area (Å²) in [6, 6.07) is 13.5. The lowest BCUT2D eigenvalue weighted by Gasteiger charge is -2.09. The first-order chi connectivity index (χ1) is 9.65. The van der Waals surface area contributed by atoms with Gasteiger partial charge in [0.15, 0.2) is 0 Å². The number of nitrogens with one attached hydrogen (secondary N) is 2. The lowest BCUT2D eigenvalue weighted by molar-refractivity contribution is 0.102. The third kappa shape index (κ3) is 4.17. The molecule has 0 aliphatic heterocycles. The molecule has 0 saturated carbocycles. The van der Waals surface area contributed by atoms with Crippen LogP contribution in [0.25, 0.3) is 0 Å². The normalized spacial score (nSPS) is 10.6. The Balaban J connectivity index is 1.95. The number of nitrogens with zero attached hydrogens (tertiary/aromatic N) is 1. The summed E-state index contributed by atoms with van der Waals surface area (Å²) in [5.41, 5.74) is 2.38. The summed E-state index contributed by atoms with van der Waals surface area (Å²) < 4.78 is 0. The van der Waals surface area contributed by atoms with Crippen LogP contribution >= 0.6 is 0 Å². The highest BCUT2D eigenvalue weighted by atomic mass is 16.1. The first-order valence-electron chi connectivity index (χ1n) is 6.70. The predicted molar refractivity (Wildman–Crippen MR) is 80.6 cm³/mol. The molecule has 1 aromatic carbocycles. The lowest BCUT2D eigenvalue weighted by atomic mass is 10.2. The molecule has 0 fully saturated rings. The standard InChI is InChI=1S/C16H19N3O/c1-12(2)18-11-13-6-8-14(9-7-13)19-16(20)15-5-3-4-10-17-15/h3-10,12,18H,11H2,1-2H3,(H,19,20). The molecule has 0 atom stereocenters. The maximum Gasteiger partial charge on any atom is 0.274 e. The van der Waals surface area contributed by atoms with Crippen LogP contribution in [0.5, 0.6) is 0 Å². The minimum absolute atomic E-state index is 0.196. The minimum atomic E-state index is -0.196. The van der Waals surface area contributed by atoms with Crippen molar-refractivity contribution >= 4 is 11.6 Å². The van der Waals surface area contributed by atoms with Gasteiger partial charge in [0.1, 0.15) is 5.69 Å². The summed E-state index contributed by atoms with van der Waals surface area (Å²) in [4.78, 5) is 15.9. The summed E-state index contributed by atoms with van der Waals surface area (Å²) in [7, 11) is 0. The van der Waals surface area contributed by atoms with Gasteiger partial charge in [-0.1, -0.05) is 32.0 Å². The van der Waals surface area contributed by atoms with Crippen LogP contribution in [0.1, 0.15) is 29.9 Å². The van der Waals surface area contributed by atoms with Crippen molar-refractivity contribution < 1.29 is 4.79 Å². The van der Waals surface area contributed by atoms with Gasteiger partial charge in [0, 0.05) is 24.5 Å². The Morgan fingerprint density at radius 1 is 1.15 bits per heavy atom. The number of amides is 1. The van der Waals surface area contributed by atoms with E-state index in [1.165, 1.54) is 5.56 Å². The Morgan fingerprint density at radius 2 is 1.90 bits per heavy atom. The monoisotopic (exact) mass is 269 g/mol. The van der Waals surface area contributed by atoms with Gasteiger partial charge in [-0.15, -0.1) is 0 Å². The van der Waals surface area contributed by atoms with Crippen LogP contribution in [0.15, 0.2) is 48.7 Å². The van der Waals surface area contributed by atoms with Crippen molar-refractivity contribution in [3.05, 3.63) is 59.9 Å². The van der Waals surface area contributed by atoms with Gasteiger partial charge in [0.2, 0.25) is 0 Å². The van der Waals surface area contributed by atoms with Crippen LogP contribution in [0, 0.1) is 0 Å². The number of hydrogen-bond acceptors (Lipinski definition) is 3. The average Bonchev–Trinajstić information content (AvgIpc) is 2.47. The van der Waals surface area contributed by atoms with Crippen LogP contribution in [-0.2, 0) is 6.54 Å². The number of anilines is 1. The predicted octanol–water partition coefficient (Wildman–Crippen LogP) is 2.83. The van der Waals surface area contributed by atoms with Gasteiger partial charge in [-0.2, -0.15) is 0 Å². The average molecular weight is 269 g/mol. The van der Waals surface area contributed by atoms with E-state index in [-0.39, 0.29) is 5.91 Å². The molecule has 0 bridgehead atoms. The van der Waals surface area contributed by atoms with E-state index in [0.717, 1.165) is 12.2 Å². The third-order valence-corrected chi connectivity index (χ3v) is 2.82. The molecule has 2 N–H and O–H groups in total. The summed E-state index contributed by atoms with van der Waals surface area (Å²) in [6.07, 6.45) is 1.61. The molecule has 4 heteroatoms. The van der Waals surface area contributed by atoms with Crippen molar-refractivity contribution in [3.63, 3.8) is 0 Å². The third-order valence-electron chi connectivity index (χ3n) is 2.82. The number of hydrogen-bond donors (Lipinski definition) is 2. The maximum absolute atomic E-state index is 11.9. The fraction of sp³-hybridized carbons (Fsp3) is 0.250. The van der Waals surface area contributed by atoms with Crippen molar-refractivity contribution in [2.45, 2.75) is 26.4 Å². The van der Waals surface area contributed by atoms with Gasteiger partial charge in [-0.25, -0.2) is 0 Å². The van der Waals surface area contributed by atoms with Gasteiger partial charge in [-0.3, -0.25) is 9.78 Å². The fourth-order valence-electron chi connectivity index (χ4n) is 1.72. The molecular formula is C16H19N3O. The van der Waals surface area contributed by atoms with Crippen molar-refractivity contribution in [2.24, 2.45) is 0 Å². The quantitative estimate of drug-likeness (QED) is 0.877. The topological polar surface area (TPSA) is 54.0 Å². The van der Waals surface area contributed by atoms with Crippen LogP contribution in [0.3, 0.4) is 0 Å². The number of rotatable bonds is 5. The Bertz CT molecular complexity index is 550. The molecule has 0 aliphatic carbocycles. The molecule has 0 saturated heterocycles. The molecular weight excluding hydrogens is 250 g/mol. The zero-order valence-corrected chi connectivity index (χ0v) is 11.8. The van der Waals surface area contributed by atoms with E-state index < -0.39 is 0 Å². The molecule has 20 heavy (non-hydrogen) atoms. The molecule has 0 aliphatic rings. The second-order valence-electron chi connectivity index (χ2n) is 4.90. The zero-order chi connectivity index (χ0) is 14.4. The van der Waals surface area contributed by atoms with E-state index in [9.17, 15) is 4.79 Å². The van der Waals surface area contributed by atoms with E-state index in [4.69, 9.17) is 0 Å². The highest BCUT2D eigenvalue weighted by molar-refractivity contribution is 6.02. The number of carbonyl (C=O) groups excluding carboxylic acids is 1. The van der Waals surface area contributed by atoms with Gasteiger partial charge in [0.25, 0.3) is 5.91 Å². The molecule has 1 heterocycles. The molecule has 1 aromatic heterocycles. The summed E-state index contributed by atoms with van der Waals surface area (Å²) in [5, 5.41) is 6.18. The van der Waals surface area contributed by atoms with Gasteiger partial charge >= 0.3 is 0 Å². The first-order valence-corrected chi connectivity index (χ1v) is 6.70. The molecule has 4 nitrogen and oxygen atoms in total. The second kappa shape index (κ2) is 6.82. The largest absolute Gasteiger partial charge is 0.321 e. The maximum atomic E-state index is 11.9. The summed E-state index contributed by atoms with van der Waals surface area (Å²) >= 11 is 0. The van der Waals surface area contributed by atoms with Crippen LogP contribution in [0.4, 0.5) is 5.69 Å². The van der Waals surface area contributed by atoms with E-state index in [2.05, 4.69) is 29.5 Å². The number of pyridine rings is 1. The smallest absolute Gasteiger partial charge is 0.274 e. The molecule has 1 amide bonds. The molecule has 2 rings (SSSR count). The number of aromatic nitrogens is 1. The first kappa shape index (κ1) is 14.2. The molecule has 0 unspecified atom stereocenters. The highest BCUT2D eigenvalue weighted by Crippen LogP contribution is 2.11. The van der Waals surface area contributed by atoms with E-state index in [0.29, 0.717) is 11.7 Å². The van der Waals surface area contributed by atoms with Crippen LogP contribution < -0.4 is 10.6 Å². The van der Waals surface area contributed by atoms with Crippen molar-refractivity contribution in [2.75, 3.05) is 5.32 Å². The van der Waals surface area contributed by atoms with Crippen molar-refractivity contribution in [1.82, 2.24) is 10.3 Å². The zero-order valence-electron chi connectivity index (χ0n) is 11.8. The van der Waals surface area contributed by atoms with Crippen LogP contribution in [0.2, 0.25) is 0 Å². The Morgan fingerprint density at radius 3 is 2.50 bits per heavy atom. The number of benzene rings is 1. The minimum Gasteiger partial charge on any atom is -0.321 e. The van der Waals surface area contributed by atoms with E-state index in [1.54, 1.807) is 24.4 Å². The molecule has 0 radical (unpaired) electrons. The van der Waals surface area contributed by atoms with Crippen molar-refractivity contribution in [1.29, 1.82) is 0 Å². The Labute approximate surface area is 119 Å². The Kier molecular flexibility index (Phi) is 4.85. The molecule has 104 valence electrons. The van der Waals surface area contributed by atoms with Crippen molar-refractivity contribution in [3.8, 4) is 0 Å². The Hall–Kier alpha value is -2.20. The lowest BCUT2D eigenvalue weighted by Crippen LogP contribution is -2.21. The van der Waals surface area contributed by atoms with Gasteiger partial charge in [-0.05, 0) is 29.8 Å². The van der Waals surface area contributed by atoms with Crippen LogP contribution in [-0.4, -0.2) is 16.9 Å². The highest BCUT2D eigenvalue weighted by Gasteiger charge is 2.06. The SMILES string of the molecule is CC(C)NCc1ccc(NC(=O)c2ccccn2)cc1.